The summed E-state index contributed by atoms with van der Waals surface area (Å²) in [5.41, 5.74) is 0.771. The zero-order valence-corrected chi connectivity index (χ0v) is 13.9. The molecule has 1 aliphatic heterocycles. The van der Waals surface area contributed by atoms with E-state index in [0.29, 0.717) is 0 Å². The number of nitrogens with zero attached hydrogens (tertiary/aromatic N) is 4. The summed E-state index contributed by atoms with van der Waals surface area (Å²) >= 11 is 0. The molecule has 24 heavy (non-hydrogen) atoms. The monoisotopic (exact) mass is 328 g/mol. The smallest absolute Gasteiger partial charge is 0.223 e. The average Bonchev–Trinajstić information content (AvgIpc) is 3.12. The van der Waals surface area contributed by atoms with Crippen molar-refractivity contribution in [1.29, 1.82) is 0 Å². The third-order valence-electron chi connectivity index (χ3n) is 5.34. The van der Waals surface area contributed by atoms with Gasteiger partial charge in [0, 0.05) is 25.0 Å². The van der Waals surface area contributed by atoms with Gasteiger partial charge in [-0.1, -0.05) is 19.3 Å². The number of aromatic nitrogens is 4. The number of fused-ring (bicyclic) bond motifs is 1. The van der Waals surface area contributed by atoms with Crippen molar-refractivity contribution in [3.63, 3.8) is 0 Å². The highest BCUT2D eigenvalue weighted by molar-refractivity contribution is 5.86. The lowest BCUT2D eigenvalue weighted by atomic mass is 9.88. The minimum Gasteiger partial charge on any atom is -0.356 e. The van der Waals surface area contributed by atoms with E-state index >= 15 is 0 Å². The number of hydrogen-bond donors (Lipinski definition) is 2. The Balaban J connectivity index is 1.35. The summed E-state index contributed by atoms with van der Waals surface area (Å²) < 4.78 is 0. The molecule has 1 saturated carbocycles. The van der Waals surface area contributed by atoms with Crippen LogP contribution in [-0.4, -0.2) is 45.2 Å². The summed E-state index contributed by atoms with van der Waals surface area (Å²) in [6, 6.07) is 0.289. The first kappa shape index (κ1) is 15.4. The lowest BCUT2D eigenvalue weighted by molar-refractivity contribution is -0.126. The van der Waals surface area contributed by atoms with Crippen LogP contribution in [0.3, 0.4) is 0 Å². The molecule has 0 atom stereocenters. The van der Waals surface area contributed by atoms with Crippen LogP contribution in [0, 0.1) is 5.92 Å². The molecule has 1 aliphatic carbocycles. The van der Waals surface area contributed by atoms with Crippen molar-refractivity contribution >= 4 is 22.8 Å². The fraction of sp³-hybridized carbons (Fsp3) is 0.647. The number of rotatable bonds is 3. The fourth-order valence-electron chi connectivity index (χ4n) is 3.92. The summed E-state index contributed by atoms with van der Waals surface area (Å²) in [5, 5.41) is 11.2. The molecule has 2 aliphatic rings. The van der Waals surface area contributed by atoms with E-state index in [1.165, 1.54) is 19.3 Å². The molecule has 0 radical (unpaired) electrons. The Morgan fingerprint density at radius 1 is 1.12 bits per heavy atom. The van der Waals surface area contributed by atoms with Crippen LogP contribution in [0.25, 0.3) is 11.0 Å². The normalized spacial score (nSPS) is 20.4. The van der Waals surface area contributed by atoms with Crippen LogP contribution in [0.5, 0.6) is 0 Å². The lowest BCUT2D eigenvalue weighted by Crippen LogP contribution is -2.46. The van der Waals surface area contributed by atoms with Crippen molar-refractivity contribution in [3.8, 4) is 0 Å². The highest BCUT2D eigenvalue weighted by atomic mass is 16.1. The van der Waals surface area contributed by atoms with Gasteiger partial charge in [-0.2, -0.15) is 5.10 Å². The van der Waals surface area contributed by atoms with Crippen molar-refractivity contribution in [2.75, 3.05) is 18.0 Å². The van der Waals surface area contributed by atoms with Crippen LogP contribution in [0.1, 0.15) is 44.9 Å². The van der Waals surface area contributed by atoms with Gasteiger partial charge >= 0.3 is 0 Å². The Bertz CT molecular complexity index is 700. The fourth-order valence-corrected chi connectivity index (χ4v) is 3.92. The number of H-pyrrole nitrogens is 1. The Labute approximate surface area is 141 Å². The largest absolute Gasteiger partial charge is 0.356 e. The first-order valence-electron chi connectivity index (χ1n) is 9.00. The predicted molar refractivity (Wildman–Crippen MR) is 91.6 cm³/mol. The third-order valence-corrected chi connectivity index (χ3v) is 5.34. The zero-order valence-electron chi connectivity index (χ0n) is 13.9. The second-order valence-corrected chi connectivity index (χ2v) is 6.93. The van der Waals surface area contributed by atoms with Gasteiger partial charge in [0.25, 0.3) is 0 Å². The Morgan fingerprint density at radius 2 is 1.92 bits per heavy atom. The highest BCUT2D eigenvalue weighted by Crippen LogP contribution is 2.26. The second-order valence-electron chi connectivity index (χ2n) is 6.93. The number of carbonyl (C=O) groups excluding carboxylic acids is 1. The predicted octanol–water partition coefficient (Wildman–Crippen LogP) is 2.02. The minimum absolute atomic E-state index is 0.240. The van der Waals surface area contributed by atoms with Gasteiger partial charge in [0.1, 0.15) is 12.1 Å². The van der Waals surface area contributed by atoms with E-state index in [4.69, 9.17) is 0 Å². The van der Waals surface area contributed by atoms with Crippen molar-refractivity contribution in [2.24, 2.45) is 5.92 Å². The highest BCUT2D eigenvalue weighted by Gasteiger charge is 2.26. The quantitative estimate of drug-likeness (QED) is 0.900. The van der Waals surface area contributed by atoms with E-state index < -0.39 is 0 Å². The van der Waals surface area contributed by atoms with Crippen molar-refractivity contribution < 1.29 is 4.79 Å². The number of amides is 1. The van der Waals surface area contributed by atoms with Gasteiger partial charge in [0.2, 0.25) is 5.91 Å². The summed E-state index contributed by atoms with van der Waals surface area (Å²) in [7, 11) is 0. The molecule has 2 aromatic rings. The standard InChI is InChI=1S/C17H24N6O/c24-17(12-4-2-1-3-5-12)21-13-6-8-23(9-7-13)16-14-10-20-22-15(14)18-11-19-16/h10-13H,1-9H2,(H,21,24)(H,18,19,20,22). The molecule has 1 amide bonds. The molecular weight excluding hydrogens is 304 g/mol. The summed E-state index contributed by atoms with van der Waals surface area (Å²) in [6.45, 7) is 1.79. The van der Waals surface area contributed by atoms with Crippen LogP contribution in [0.15, 0.2) is 12.5 Å². The first-order chi connectivity index (χ1) is 11.8. The van der Waals surface area contributed by atoms with Gasteiger partial charge in [-0.15, -0.1) is 0 Å². The van der Waals surface area contributed by atoms with Crippen LogP contribution < -0.4 is 10.2 Å². The Morgan fingerprint density at radius 3 is 2.71 bits per heavy atom. The average molecular weight is 328 g/mol. The Hall–Kier alpha value is -2.18. The number of aromatic amines is 1. The van der Waals surface area contributed by atoms with E-state index in [9.17, 15) is 4.79 Å². The molecule has 7 heteroatoms. The SMILES string of the molecule is O=C(NC1CCN(c2ncnc3[nH]ncc23)CC1)C1CCCCC1. The summed E-state index contributed by atoms with van der Waals surface area (Å²) in [4.78, 5) is 23.3. The minimum atomic E-state index is 0.240. The van der Waals surface area contributed by atoms with Crippen LogP contribution in [0.2, 0.25) is 0 Å². The molecule has 3 heterocycles. The van der Waals surface area contributed by atoms with Crippen molar-refractivity contribution in [2.45, 2.75) is 51.0 Å². The summed E-state index contributed by atoms with van der Waals surface area (Å²) in [6.07, 6.45) is 11.1. The maximum Gasteiger partial charge on any atom is 0.223 e. The van der Waals surface area contributed by atoms with Gasteiger partial charge in [-0.25, -0.2) is 9.97 Å². The molecule has 4 rings (SSSR count). The number of nitrogens with one attached hydrogen (secondary N) is 2. The lowest BCUT2D eigenvalue weighted by Gasteiger charge is -2.34. The molecule has 0 unspecified atom stereocenters. The van der Waals surface area contributed by atoms with Crippen molar-refractivity contribution in [3.05, 3.63) is 12.5 Å². The molecule has 7 nitrogen and oxygen atoms in total. The zero-order chi connectivity index (χ0) is 16.4. The molecular formula is C17H24N6O. The third kappa shape index (κ3) is 3.07. The molecule has 128 valence electrons. The maximum atomic E-state index is 12.4. The van der Waals surface area contributed by atoms with Gasteiger partial charge < -0.3 is 10.2 Å². The van der Waals surface area contributed by atoms with Gasteiger partial charge in [-0.05, 0) is 25.7 Å². The number of carbonyl (C=O) groups is 1. The van der Waals surface area contributed by atoms with Crippen LogP contribution >= 0.6 is 0 Å². The Kier molecular flexibility index (Phi) is 4.32. The molecule has 2 aromatic heterocycles. The maximum absolute atomic E-state index is 12.4. The second kappa shape index (κ2) is 6.75. The number of piperidine rings is 1. The topological polar surface area (TPSA) is 86.8 Å². The first-order valence-corrected chi connectivity index (χ1v) is 9.00. The molecule has 2 fully saturated rings. The van der Waals surface area contributed by atoms with Gasteiger partial charge in [0.15, 0.2) is 5.65 Å². The molecule has 0 aromatic carbocycles. The van der Waals surface area contributed by atoms with E-state index in [2.05, 4.69) is 30.4 Å². The number of hydrogen-bond acceptors (Lipinski definition) is 5. The molecule has 2 N–H and O–H groups in total. The summed E-state index contributed by atoms with van der Waals surface area (Å²) in [5.74, 6) is 1.45. The van der Waals surface area contributed by atoms with Crippen LogP contribution in [-0.2, 0) is 4.79 Å². The molecule has 1 saturated heterocycles. The van der Waals surface area contributed by atoms with Gasteiger partial charge in [0.05, 0.1) is 11.6 Å². The van der Waals surface area contributed by atoms with Crippen molar-refractivity contribution in [1.82, 2.24) is 25.5 Å². The van der Waals surface area contributed by atoms with E-state index in [-0.39, 0.29) is 17.9 Å². The van der Waals surface area contributed by atoms with Crippen LogP contribution in [0.4, 0.5) is 5.82 Å². The number of anilines is 1. The van der Waals surface area contributed by atoms with Gasteiger partial charge in [-0.3, -0.25) is 9.89 Å². The molecule has 0 spiro atoms. The van der Waals surface area contributed by atoms with E-state index in [0.717, 1.165) is 55.6 Å². The van der Waals surface area contributed by atoms with E-state index in [1.807, 2.05) is 0 Å². The molecule has 0 bridgehead atoms. The van der Waals surface area contributed by atoms with E-state index in [1.54, 1.807) is 12.5 Å².